The Labute approximate surface area is 133 Å². The minimum Gasteiger partial charge on any atom is -0.481 e. The summed E-state index contributed by atoms with van der Waals surface area (Å²) >= 11 is 11.8. The van der Waals surface area contributed by atoms with Crippen LogP contribution in [0.5, 0.6) is 0 Å². The van der Waals surface area contributed by atoms with E-state index in [1.165, 1.54) is 0 Å². The zero-order chi connectivity index (χ0) is 15.4. The number of carboxylic acids is 1. The van der Waals surface area contributed by atoms with E-state index in [0.29, 0.717) is 16.6 Å². The molecule has 1 atom stereocenters. The largest absolute Gasteiger partial charge is 0.481 e. The first-order valence-electron chi connectivity index (χ1n) is 6.92. The Hall–Kier alpha value is -1.26. The summed E-state index contributed by atoms with van der Waals surface area (Å²) < 4.78 is 0. The van der Waals surface area contributed by atoms with Gasteiger partial charge in [-0.25, -0.2) is 0 Å². The summed E-state index contributed by atoms with van der Waals surface area (Å²) in [6.07, 6.45) is 2.86. The van der Waals surface area contributed by atoms with E-state index in [0.717, 1.165) is 24.8 Å². The molecular weight excluding hydrogens is 313 g/mol. The van der Waals surface area contributed by atoms with Gasteiger partial charge in [-0.3, -0.25) is 9.59 Å². The Bertz CT molecular complexity index is 548. The van der Waals surface area contributed by atoms with E-state index in [9.17, 15) is 9.59 Å². The van der Waals surface area contributed by atoms with E-state index in [2.05, 4.69) is 0 Å². The second kappa shape index (κ2) is 7.14. The van der Waals surface area contributed by atoms with Crippen molar-refractivity contribution in [3.63, 3.8) is 0 Å². The number of carbonyl (C=O) groups is 2. The van der Waals surface area contributed by atoms with Crippen molar-refractivity contribution in [2.75, 3.05) is 6.54 Å². The van der Waals surface area contributed by atoms with E-state index in [4.69, 9.17) is 28.3 Å². The number of amides is 1. The quantitative estimate of drug-likeness (QED) is 0.921. The van der Waals surface area contributed by atoms with Gasteiger partial charge >= 0.3 is 5.97 Å². The van der Waals surface area contributed by atoms with Crippen molar-refractivity contribution in [1.29, 1.82) is 0 Å². The molecule has 0 spiro atoms. The minimum atomic E-state index is -0.866. The minimum absolute atomic E-state index is 0.00706. The van der Waals surface area contributed by atoms with Crippen molar-refractivity contribution in [3.05, 3.63) is 33.8 Å². The molecule has 114 valence electrons. The molecule has 1 fully saturated rings. The number of likely N-dealkylation sites (tertiary alicyclic amines) is 1. The summed E-state index contributed by atoms with van der Waals surface area (Å²) in [5.41, 5.74) is 0.786. The number of rotatable bonds is 4. The predicted octanol–water partition coefficient (Wildman–Crippen LogP) is 3.39. The van der Waals surface area contributed by atoms with Gasteiger partial charge in [0, 0.05) is 12.6 Å². The summed E-state index contributed by atoms with van der Waals surface area (Å²) in [6.45, 7) is 0.623. The normalized spacial score (nSPS) is 18.6. The van der Waals surface area contributed by atoms with Gasteiger partial charge in [0.05, 0.1) is 22.9 Å². The van der Waals surface area contributed by atoms with Crippen LogP contribution in [0, 0.1) is 0 Å². The molecule has 2 rings (SSSR count). The van der Waals surface area contributed by atoms with Crippen molar-refractivity contribution < 1.29 is 14.7 Å². The molecular formula is C15H17Cl2NO3. The molecule has 1 aromatic carbocycles. The van der Waals surface area contributed by atoms with Gasteiger partial charge in [-0.15, -0.1) is 0 Å². The first-order valence-corrected chi connectivity index (χ1v) is 7.68. The second-order valence-electron chi connectivity index (χ2n) is 5.26. The Balaban J connectivity index is 2.06. The number of halogens is 2. The highest BCUT2D eigenvalue weighted by molar-refractivity contribution is 6.42. The fourth-order valence-corrected chi connectivity index (χ4v) is 2.99. The van der Waals surface area contributed by atoms with Crippen molar-refractivity contribution >= 4 is 35.1 Å². The van der Waals surface area contributed by atoms with Crippen molar-refractivity contribution in [3.8, 4) is 0 Å². The zero-order valence-corrected chi connectivity index (χ0v) is 13.0. The summed E-state index contributed by atoms with van der Waals surface area (Å²) in [6, 6.07) is 4.91. The summed E-state index contributed by atoms with van der Waals surface area (Å²) in [5.74, 6) is -0.923. The highest BCUT2D eigenvalue weighted by Crippen LogP contribution is 2.24. The summed E-state index contributed by atoms with van der Waals surface area (Å²) in [7, 11) is 0. The Kier molecular flexibility index (Phi) is 5.48. The van der Waals surface area contributed by atoms with Crippen LogP contribution in [-0.4, -0.2) is 34.5 Å². The van der Waals surface area contributed by atoms with Gasteiger partial charge in [-0.05, 0) is 37.0 Å². The standard InChI is InChI=1S/C15H17Cl2NO3/c16-12-5-4-10(7-13(12)17)8-14(19)18-6-2-1-3-11(18)9-15(20)21/h4-5,7,11H,1-3,6,8-9H2,(H,20,21). The first-order chi connectivity index (χ1) is 9.97. The molecule has 0 saturated carbocycles. The lowest BCUT2D eigenvalue weighted by Crippen LogP contribution is -2.45. The molecule has 1 saturated heterocycles. The van der Waals surface area contributed by atoms with Gasteiger partial charge < -0.3 is 10.0 Å². The Morgan fingerprint density at radius 2 is 2.00 bits per heavy atom. The van der Waals surface area contributed by atoms with Crippen LogP contribution in [0.15, 0.2) is 18.2 Å². The fourth-order valence-electron chi connectivity index (χ4n) is 2.67. The van der Waals surface area contributed by atoms with Crippen LogP contribution in [0.2, 0.25) is 10.0 Å². The number of carbonyl (C=O) groups excluding carboxylic acids is 1. The number of aliphatic carboxylic acids is 1. The number of hydrogen-bond donors (Lipinski definition) is 1. The van der Waals surface area contributed by atoms with Crippen molar-refractivity contribution in [2.45, 2.75) is 38.1 Å². The molecule has 4 nitrogen and oxygen atoms in total. The zero-order valence-electron chi connectivity index (χ0n) is 11.5. The summed E-state index contributed by atoms with van der Waals surface area (Å²) in [5, 5.41) is 9.82. The Morgan fingerprint density at radius 3 is 2.67 bits per heavy atom. The molecule has 1 amide bonds. The molecule has 0 bridgehead atoms. The third kappa shape index (κ3) is 4.35. The second-order valence-corrected chi connectivity index (χ2v) is 6.07. The third-order valence-electron chi connectivity index (χ3n) is 3.70. The van der Waals surface area contributed by atoms with Gasteiger partial charge in [0.2, 0.25) is 5.91 Å². The molecule has 1 aliphatic rings. The molecule has 1 aliphatic heterocycles. The third-order valence-corrected chi connectivity index (χ3v) is 4.44. The molecule has 21 heavy (non-hydrogen) atoms. The number of nitrogens with zero attached hydrogens (tertiary/aromatic N) is 1. The highest BCUT2D eigenvalue weighted by atomic mass is 35.5. The van der Waals surface area contributed by atoms with Gasteiger partial charge in [-0.1, -0.05) is 29.3 Å². The average Bonchev–Trinajstić information content (AvgIpc) is 2.43. The van der Waals surface area contributed by atoms with E-state index in [-0.39, 0.29) is 24.8 Å². The molecule has 1 aromatic rings. The highest BCUT2D eigenvalue weighted by Gasteiger charge is 2.28. The van der Waals surface area contributed by atoms with Crippen LogP contribution >= 0.6 is 23.2 Å². The van der Waals surface area contributed by atoms with Crippen LogP contribution < -0.4 is 0 Å². The van der Waals surface area contributed by atoms with Crippen LogP contribution in [-0.2, 0) is 16.0 Å². The SMILES string of the molecule is O=C(O)CC1CCCCN1C(=O)Cc1ccc(Cl)c(Cl)c1. The molecule has 0 aliphatic carbocycles. The van der Waals surface area contributed by atoms with E-state index in [1.807, 2.05) is 0 Å². The monoisotopic (exact) mass is 329 g/mol. The van der Waals surface area contributed by atoms with Crippen molar-refractivity contribution in [2.24, 2.45) is 0 Å². The predicted molar refractivity (Wildman–Crippen MR) is 81.8 cm³/mol. The summed E-state index contributed by atoms with van der Waals surface area (Å²) in [4.78, 5) is 25.0. The Morgan fingerprint density at radius 1 is 1.24 bits per heavy atom. The molecule has 1 heterocycles. The number of benzene rings is 1. The smallest absolute Gasteiger partial charge is 0.305 e. The average molecular weight is 330 g/mol. The van der Waals surface area contributed by atoms with Crippen molar-refractivity contribution in [1.82, 2.24) is 4.90 Å². The maximum atomic E-state index is 12.4. The van der Waals surface area contributed by atoms with Gasteiger partial charge in [0.1, 0.15) is 0 Å². The maximum absolute atomic E-state index is 12.4. The lowest BCUT2D eigenvalue weighted by Gasteiger charge is -2.35. The maximum Gasteiger partial charge on any atom is 0.305 e. The van der Waals surface area contributed by atoms with Crippen LogP contribution in [0.4, 0.5) is 0 Å². The molecule has 0 radical (unpaired) electrons. The van der Waals surface area contributed by atoms with E-state index in [1.54, 1.807) is 23.1 Å². The number of hydrogen-bond acceptors (Lipinski definition) is 2. The first kappa shape index (κ1) is 16.1. The number of carboxylic acid groups (broad SMARTS) is 1. The van der Waals surface area contributed by atoms with Crippen LogP contribution in [0.1, 0.15) is 31.2 Å². The lowest BCUT2D eigenvalue weighted by molar-refractivity contribution is -0.141. The lowest BCUT2D eigenvalue weighted by atomic mass is 9.98. The van der Waals surface area contributed by atoms with E-state index < -0.39 is 5.97 Å². The van der Waals surface area contributed by atoms with Crippen LogP contribution in [0.3, 0.4) is 0 Å². The fraction of sp³-hybridized carbons (Fsp3) is 0.467. The number of piperidine rings is 1. The topological polar surface area (TPSA) is 57.6 Å². The van der Waals surface area contributed by atoms with Crippen LogP contribution in [0.25, 0.3) is 0 Å². The van der Waals surface area contributed by atoms with Gasteiger partial charge in [-0.2, -0.15) is 0 Å². The molecule has 6 heteroatoms. The van der Waals surface area contributed by atoms with Gasteiger partial charge in [0.25, 0.3) is 0 Å². The molecule has 1 unspecified atom stereocenters. The van der Waals surface area contributed by atoms with E-state index >= 15 is 0 Å². The van der Waals surface area contributed by atoms with Gasteiger partial charge in [0.15, 0.2) is 0 Å². The molecule has 0 aromatic heterocycles. The molecule has 1 N–H and O–H groups in total.